The van der Waals surface area contributed by atoms with Crippen molar-refractivity contribution in [3.05, 3.63) is 62.1 Å². The number of hydrogen-bond donors (Lipinski definition) is 1. The molecule has 0 unspecified atom stereocenters. The molecule has 0 aliphatic heterocycles. The van der Waals surface area contributed by atoms with Crippen molar-refractivity contribution in [2.45, 2.75) is 13.5 Å². The van der Waals surface area contributed by atoms with Crippen LogP contribution in [0.25, 0.3) is 0 Å². The molecule has 1 N–H and O–H groups in total. The van der Waals surface area contributed by atoms with Crippen LogP contribution in [-0.4, -0.2) is 12.0 Å². The van der Waals surface area contributed by atoms with E-state index in [1.165, 1.54) is 18.7 Å². The van der Waals surface area contributed by atoms with Gasteiger partial charge in [0, 0.05) is 22.8 Å². The molecule has 0 aliphatic rings. The second-order valence-corrected chi connectivity index (χ2v) is 5.45. The molecule has 0 spiro atoms. The maximum absolute atomic E-state index is 11.0. The molecular weight excluding hydrogens is 336 g/mol. The number of nitro benzene ring substituents is 1. The summed E-state index contributed by atoms with van der Waals surface area (Å²) >= 11 is 3.51. The lowest BCUT2D eigenvalue weighted by atomic mass is 10.1. The molecule has 0 amide bonds. The van der Waals surface area contributed by atoms with Gasteiger partial charge in [0.05, 0.1) is 12.0 Å². The van der Waals surface area contributed by atoms with Crippen molar-refractivity contribution in [2.24, 2.45) is 0 Å². The first kappa shape index (κ1) is 15.3. The summed E-state index contributed by atoms with van der Waals surface area (Å²) in [6.07, 6.45) is 0. The Morgan fingerprint density at radius 3 is 2.67 bits per heavy atom. The summed E-state index contributed by atoms with van der Waals surface area (Å²) in [4.78, 5) is 10.5. The number of halogens is 1. The summed E-state index contributed by atoms with van der Waals surface area (Å²) in [6, 6.07) is 10.9. The summed E-state index contributed by atoms with van der Waals surface area (Å²) in [5.41, 5.74) is 2.88. The second kappa shape index (κ2) is 6.58. The highest BCUT2D eigenvalue weighted by molar-refractivity contribution is 9.10. The van der Waals surface area contributed by atoms with E-state index in [9.17, 15) is 10.1 Å². The van der Waals surface area contributed by atoms with E-state index >= 15 is 0 Å². The molecule has 0 saturated heterocycles. The van der Waals surface area contributed by atoms with Crippen LogP contribution < -0.4 is 10.1 Å². The maximum atomic E-state index is 11.0. The summed E-state index contributed by atoms with van der Waals surface area (Å²) in [6.45, 7) is 2.60. The zero-order valence-electron chi connectivity index (χ0n) is 11.7. The Bertz CT molecular complexity index is 674. The molecule has 2 aromatic rings. The molecule has 0 radical (unpaired) electrons. The first-order chi connectivity index (χ1) is 10.0. The Morgan fingerprint density at radius 2 is 2.05 bits per heavy atom. The van der Waals surface area contributed by atoms with E-state index in [4.69, 9.17) is 4.74 Å². The molecule has 6 heteroatoms. The van der Waals surface area contributed by atoms with Crippen molar-refractivity contribution in [3.63, 3.8) is 0 Å². The minimum absolute atomic E-state index is 0.0505. The van der Waals surface area contributed by atoms with Crippen LogP contribution in [0.1, 0.15) is 11.1 Å². The van der Waals surface area contributed by atoms with E-state index < -0.39 is 4.92 Å². The summed E-state index contributed by atoms with van der Waals surface area (Å²) in [5, 5.41) is 14.2. The van der Waals surface area contributed by atoms with Gasteiger partial charge in [0.25, 0.3) is 0 Å². The highest BCUT2D eigenvalue weighted by atomic mass is 79.9. The molecule has 0 atom stereocenters. The van der Waals surface area contributed by atoms with E-state index in [1.54, 1.807) is 12.1 Å². The molecule has 21 heavy (non-hydrogen) atoms. The number of nitrogens with one attached hydrogen (secondary N) is 1. The standard InChI is InChI=1S/C15H15BrN2O3/c1-10-3-4-11(13(16)7-10)9-17-12-5-6-15(21-2)14(8-12)18(19)20/h3-8,17H,9H2,1-2H3. The molecule has 2 rings (SSSR count). The third-order valence-corrected chi connectivity index (χ3v) is 3.81. The first-order valence-electron chi connectivity index (χ1n) is 6.32. The molecule has 0 heterocycles. The number of anilines is 1. The van der Waals surface area contributed by atoms with E-state index in [1.807, 2.05) is 25.1 Å². The Morgan fingerprint density at radius 1 is 1.29 bits per heavy atom. The van der Waals surface area contributed by atoms with E-state index in [2.05, 4.69) is 21.2 Å². The fraction of sp³-hybridized carbons (Fsp3) is 0.200. The topological polar surface area (TPSA) is 64.4 Å². The molecular formula is C15H15BrN2O3. The van der Waals surface area contributed by atoms with Crippen LogP contribution in [-0.2, 0) is 6.54 Å². The predicted molar refractivity (Wildman–Crippen MR) is 85.9 cm³/mol. The van der Waals surface area contributed by atoms with E-state index in [0.29, 0.717) is 12.2 Å². The van der Waals surface area contributed by atoms with Crippen molar-refractivity contribution in [2.75, 3.05) is 12.4 Å². The number of nitro groups is 1. The molecule has 0 aromatic heterocycles. The first-order valence-corrected chi connectivity index (χ1v) is 7.12. The van der Waals surface area contributed by atoms with Gasteiger partial charge in [0.2, 0.25) is 0 Å². The summed E-state index contributed by atoms with van der Waals surface area (Å²) in [7, 11) is 1.42. The molecule has 0 bridgehead atoms. The van der Waals surface area contributed by atoms with Gasteiger partial charge in [-0.15, -0.1) is 0 Å². The smallest absolute Gasteiger partial charge is 0.312 e. The van der Waals surface area contributed by atoms with Gasteiger partial charge in [-0.05, 0) is 36.2 Å². The SMILES string of the molecule is COc1ccc(NCc2ccc(C)cc2Br)cc1[N+](=O)[O-]. The Hall–Kier alpha value is -2.08. The van der Waals surface area contributed by atoms with Crippen LogP contribution in [0.3, 0.4) is 0 Å². The zero-order chi connectivity index (χ0) is 15.4. The van der Waals surface area contributed by atoms with Gasteiger partial charge < -0.3 is 10.1 Å². The summed E-state index contributed by atoms with van der Waals surface area (Å²) < 4.78 is 5.99. The monoisotopic (exact) mass is 350 g/mol. The van der Waals surface area contributed by atoms with Gasteiger partial charge in [-0.3, -0.25) is 10.1 Å². The number of aryl methyl sites for hydroxylation is 1. The van der Waals surface area contributed by atoms with Crippen LogP contribution in [0.5, 0.6) is 5.75 Å². The molecule has 0 fully saturated rings. The lowest BCUT2D eigenvalue weighted by Crippen LogP contribution is -2.02. The van der Waals surface area contributed by atoms with Crippen LogP contribution in [0.4, 0.5) is 11.4 Å². The maximum Gasteiger partial charge on any atom is 0.312 e. The van der Waals surface area contributed by atoms with Crippen LogP contribution in [0.2, 0.25) is 0 Å². The Kier molecular flexibility index (Phi) is 4.80. The second-order valence-electron chi connectivity index (χ2n) is 4.59. The van der Waals surface area contributed by atoms with Crippen LogP contribution in [0, 0.1) is 17.0 Å². The number of nitrogens with zero attached hydrogens (tertiary/aromatic N) is 1. The van der Waals surface area contributed by atoms with Gasteiger partial charge in [-0.25, -0.2) is 0 Å². The average molecular weight is 351 g/mol. The van der Waals surface area contributed by atoms with Gasteiger partial charge in [-0.2, -0.15) is 0 Å². The van der Waals surface area contributed by atoms with Crippen molar-refractivity contribution < 1.29 is 9.66 Å². The average Bonchev–Trinajstić information content (AvgIpc) is 2.46. The van der Waals surface area contributed by atoms with Gasteiger partial charge in [0.1, 0.15) is 0 Å². The van der Waals surface area contributed by atoms with Gasteiger partial charge >= 0.3 is 5.69 Å². The lowest BCUT2D eigenvalue weighted by molar-refractivity contribution is -0.385. The Labute approximate surface area is 131 Å². The molecule has 0 saturated carbocycles. The van der Waals surface area contributed by atoms with Crippen molar-refractivity contribution in [3.8, 4) is 5.75 Å². The highest BCUT2D eigenvalue weighted by Gasteiger charge is 2.15. The third-order valence-electron chi connectivity index (χ3n) is 3.07. The largest absolute Gasteiger partial charge is 0.490 e. The van der Waals surface area contributed by atoms with E-state index in [-0.39, 0.29) is 11.4 Å². The number of hydrogen-bond acceptors (Lipinski definition) is 4. The van der Waals surface area contributed by atoms with Crippen LogP contribution in [0.15, 0.2) is 40.9 Å². The minimum atomic E-state index is -0.453. The zero-order valence-corrected chi connectivity index (χ0v) is 13.3. The molecule has 2 aromatic carbocycles. The predicted octanol–water partition coefficient (Wildman–Crippen LogP) is 4.29. The van der Waals surface area contributed by atoms with Gasteiger partial charge in [0.15, 0.2) is 5.75 Å². The van der Waals surface area contributed by atoms with Crippen molar-refractivity contribution in [1.29, 1.82) is 0 Å². The quantitative estimate of drug-likeness (QED) is 0.645. The number of methoxy groups -OCH3 is 1. The number of benzene rings is 2. The minimum Gasteiger partial charge on any atom is -0.490 e. The lowest BCUT2D eigenvalue weighted by Gasteiger charge is -2.10. The van der Waals surface area contributed by atoms with Crippen molar-refractivity contribution in [1.82, 2.24) is 0 Å². The normalized spacial score (nSPS) is 10.2. The molecule has 5 nitrogen and oxygen atoms in total. The fourth-order valence-corrected chi connectivity index (χ4v) is 2.57. The highest BCUT2D eigenvalue weighted by Crippen LogP contribution is 2.30. The van der Waals surface area contributed by atoms with Crippen LogP contribution >= 0.6 is 15.9 Å². The Balaban J connectivity index is 2.16. The van der Waals surface area contributed by atoms with E-state index in [0.717, 1.165) is 10.0 Å². The third kappa shape index (κ3) is 3.72. The number of ether oxygens (including phenoxy) is 1. The van der Waals surface area contributed by atoms with Gasteiger partial charge in [-0.1, -0.05) is 28.1 Å². The molecule has 110 valence electrons. The fourth-order valence-electron chi connectivity index (χ4n) is 1.94. The molecule has 0 aliphatic carbocycles. The van der Waals surface area contributed by atoms with Crippen molar-refractivity contribution >= 4 is 27.3 Å². The number of rotatable bonds is 5. The summed E-state index contributed by atoms with van der Waals surface area (Å²) in [5.74, 6) is 0.252.